The molecule has 0 spiro atoms. The van der Waals surface area contributed by atoms with Gasteiger partial charge >= 0.3 is 0 Å². The van der Waals surface area contributed by atoms with Crippen LogP contribution in [0.3, 0.4) is 0 Å². The summed E-state index contributed by atoms with van der Waals surface area (Å²) < 4.78 is 34.8. The van der Waals surface area contributed by atoms with Crippen molar-refractivity contribution in [2.24, 2.45) is 0 Å². The number of halogens is 2. The van der Waals surface area contributed by atoms with E-state index in [1.165, 1.54) is 12.1 Å². The largest absolute Gasteiger partial charge is 0.487 e. The highest BCUT2D eigenvalue weighted by Gasteiger charge is 2.30. The average Bonchev–Trinajstić information content (AvgIpc) is 3.41. The SMILES string of the molecule is CC(=O)N1CCc2nc(N3CCC(Oc4ccc(F)cc4F)CC3)c(-c3cnn(C(C)(C)C#N)c3)nc2C1. The molecule has 0 saturated carbocycles. The minimum absolute atomic E-state index is 0.00803. The van der Waals surface area contributed by atoms with E-state index >= 15 is 0 Å². The third kappa shape index (κ3) is 5.03. The molecule has 3 aromatic rings. The van der Waals surface area contributed by atoms with Crippen LogP contribution in [-0.2, 0) is 23.3 Å². The maximum absolute atomic E-state index is 14.1. The van der Waals surface area contributed by atoms with Crippen LogP contribution in [0, 0.1) is 23.0 Å². The molecule has 11 heteroatoms. The fourth-order valence-electron chi connectivity index (χ4n) is 4.74. The Morgan fingerprint density at radius 1 is 1.16 bits per heavy atom. The topological polar surface area (TPSA) is 100 Å². The van der Waals surface area contributed by atoms with Gasteiger partial charge in [0, 0.05) is 63.6 Å². The van der Waals surface area contributed by atoms with E-state index in [-0.39, 0.29) is 17.8 Å². The monoisotopic (exact) mass is 521 g/mol. The number of ether oxygens (including phenoxy) is 1. The molecule has 2 aliphatic rings. The summed E-state index contributed by atoms with van der Waals surface area (Å²) in [6, 6.07) is 5.57. The van der Waals surface area contributed by atoms with Crippen LogP contribution in [0.15, 0.2) is 30.6 Å². The first-order chi connectivity index (χ1) is 18.1. The van der Waals surface area contributed by atoms with E-state index in [1.54, 1.807) is 42.7 Å². The zero-order chi connectivity index (χ0) is 27.0. The number of piperidine rings is 1. The van der Waals surface area contributed by atoms with Crippen molar-refractivity contribution in [3.63, 3.8) is 0 Å². The normalized spacial score (nSPS) is 16.2. The Morgan fingerprint density at radius 2 is 1.92 bits per heavy atom. The second-order valence-corrected chi connectivity index (χ2v) is 10.2. The molecule has 198 valence electrons. The number of nitrogens with zero attached hydrogens (tertiary/aromatic N) is 7. The molecule has 9 nitrogen and oxygen atoms in total. The summed E-state index contributed by atoms with van der Waals surface area (Å²) in [5.41, 5.74) is 2.14. The lowest BCUT2D eigenvalue weighted by Gasteiger charge is -2.35. The minimum Gasteiger partial charge on any atom is -0.487 e. The van der Waals surface area contributed by atoms with Crippen molar-refractivity contribution in [2.45, 2.75) is 58.2 Å². The van der Waals surface area contributed by atoms with Crippen molar-refractivity contribution in [2.75, 3.05) is 24.5 Å². The second-order valence-electron chi connectivity index (χ2n) is 10.2. The van der Waals surface area contributed by atoms with Crippen molar-refractivity contribution in [1.82, 2.24) is 24.6 Å². The van der Waals surface area contributed by atoms with E-state index in [1.807, 2.05) is 0 Å². The van der Waals surface area contributed by atoms with Gasteiger partial charge in [0.2, 0.25) is 5.91 Å². The first-order valence-corrected chi connectivity index (χ1v) is 12.6. The summed E-state index contributed by atoms with van der Waals surface area (Å²) in [6.07, 6.45) is 5.10. The number of fused-ring (bicyclic) bond motifs is 1. The Balaban J connectivity index is 1.43. The molecule has 2 aliphatic heterocycles. The summed E-state index contributed by atoms with van der Waals surface area (Å²) in [5, 5.41) is 14.0. The number of rotatable bonds is 5. The molecule has 1 amide bonds. The highest BCUT2D eigenvalue weighted by atomic mass is 19.1. The molecule has 2 aromatic heterocycles. The molecule has 38 heavy (non-hydrogen) atoms. The maximum Gasteiger partial charge on any atom is 0.219 e. The van der Waals surface area contributed by atoms with E-state index in [0.717, 1.165) is 23.0 Å². The molecule has 0 aliphatic carbocycles. The molecule has 0 N–H and O–H groups in total. The number of carbonyl (C=O) groups excluding carboxylic acids is 1. The number of aromatic nitrogens is 4. The lowest BCUT2D eigenvalue weighted by Crippen LogP contribution is -2.40. The molecule has 1 aromatic carbocycles. The van der Waals surface area contributed by atoms with Gasteiger partial charge in [0.1, 0.15) is 23.2 Å². The predicted octanol–water partition coefficient (Wildman–Crippen LogP) is 3.83. The van der Waals surface area contributed by atoms with Gasteiger partial charge in [0.05, 0.1) is 30.2 Å². The highest BCUT2D eigenvalue weighted by molar-refractivity contribution is 5.74. The van der Waals surface area contributed by atoms with Gasteiger partial charge in [-0.1, -0.05) is 0 Å². The number of carbonyl (C=O) groups is 1. The van der Waals surface area contributed by atoms with E-state index in [2.05, 4.69) is 16.1 Å². The van der Waals surface area contributed by atoms with Crippen LogP contribution in [0.5, 0.6) is 5.75 Å². The number of hydrogen-bond donors (Lipinski definition) is 0. The quantitative estimate of drug-likeness (QED) is 0.503. The van der Waals surface area contributed by atoms with Gasteiger partial charge in [-0.3, -0.25) is 9.48 Å². The van der Waals surface area contributed by atoms with Crippen molar-refractivity contribution in [3.05, 3.63) is 53.6 Å². The van der Waals surface area contributed by atoms with Crippen molar-refractivity contribution in [1.29, 1.82) is 5.26 Å². The third-order valence-electron chi connectivity index (χ3n) is 7.07. The van der Waals surface area contributed by atoms with Gasteiger partial charge in [-0.05, 0) is 26.0 Å². The molecule has 0 bridgehead atoms. The smallest absolute Gasteiger partial charge is 0.219 e. The second kappa shape index (κ2) is 10.0. The zero-order valence-corrected chi connectivity index (χ0v) is 21.6. The third-order valence-corrected chi connectivity index (χ3v) is 7.07. The van der Waals surface area contributed by atoms with Crippen LogP contribution >= 0.6 is 0 Å². The van der Waals surface area contributed by atoms with Crippen LogP contribution < -0.4 is 9.64 Å². The Labute approximate surface area is 219 Å². The first kappa shape index (κ1) is 25.6. The van der Waals surface area contributed by atoms with Crippen LogP contribution in [0.4, 0.5) is 14.6 Å². The standard InChI is InChI=1S/C27H29F2N7O2/c1-17(37)35-11-8-22-23(15-35)32-25(18-13-31-36(14-18)27(2,3)16-30)26(33-22)34-9-6-20(7-10-34)38-24-5-4-19(28)12-21(24)29/h4-5,12-14,20H,6-11,15H2,1-3H3. The average molecular weight is 522 g/mol. The van der Waals surface area contributed by atoms with Crippen LogP contribution in [0.2, 0.25) is 0 Å². The van der Waals surface area contributed by atoms with Gasteiger partial charge in [0.15, 0.2) is 17.4 Å². The number of amides is 1. The van der Waals surface area contributed by atoms with Crippen LogP contribution in [0.1, 0.15) is 45.0 Å². The lowest BCUT2D eigenvalue weighted by atomic mass is 10.1. The Bertz CT molecular complexity index is 1410. The van der Waals surface area contributed by atoms with Gasteiger partial charge in [0.25, 0.3) is 0 Å². The summed E-state index contributed by atoms with van der Waals surface area (Å²) in [7, 11) is 0. The zero-order valence-electron chi connectivity index (χ0n) is 21.6. The van der Waals surface area contributed by atoms with Gasteiger partial charge in [-0.15, -0.1) is 0 Å². The molecule has 4 heterocycles. The molecule has 1 saturated heterocycles. The van der Waals surface area contributed by atoms with Gasteiger partial charge in [-0.25, -0.2) is 18.7 Å². The van der Waals surface area contributed by atoms with E-state index in [0.29, 0.717) is 57.0 Å². The fourth-order valence-corrected chi connectivity index (χ4v) is 4.74. The highest BCUT2D eigenvalue weighted by Crippen LogP contribution is 2.33. The summed E-state index contributed by atoms with van der Waals surface area (Å²) in [4.78, 5) is 25.9. The van der Waals surface area contributed by atoms with Gasteiger partial charge in [-0.2, -0.15) is 10.4 Å². The summed E-state index contributed by atoms with van der Waals surface area (Å²) in [6.45, 7) is 7.29. The molecule has 1 fully saturated rings. The number of nitriles is 1. The molecule has 0 atom stereocenters. The van der Waals surface area contributed by atoms with Crippen LogP contribution in [-0.4, -0.2) is 56.3 Å². The summed E-state index contributed by atoms with van der Waals surface area (Å²) >= 11 is 0. The van der Waals surface area contributed by atoms with Crippen molar-refractivity contribution < 1.29 is 18.3 Å². The minimum atomic E-state index is -0.837. The number of benzene rings is 1. The molecular weight excluding hydrogens is 492 g/mol. The molecule has 0 unspecified atom stereocenters. The maximum atomic E-state index is 14.1. The molecule has 0 radical (unpaired) electrons. The Kier molecular flexibility index (Phi) is 6.73. The van der Waals surface area contributed by atoms with E-state index in [9.17, 15) is 18.8 Å². The molecule has 5 rings (SSSR count). The first-order valence-electron chi connectivity index (χ1n) is 12.6. The number of anilines is 1. The number of hydrogen-bond acceptors (Lipinski definition) is 7. The van der Waals surface area contributed by atoms with E-state index in [4.69, 9.17) is 14.7 Å². The van der Waals surface area contributed by atoms with Crippen molar-refractivity contribution >= 4 is 11.7 Å². The lowest BCUT2D eigenvalue weighted by molar-refractivity contribution is -0.129. The van der Waals surface area contributed by atoms with Gasteiger partial charge < -0.3 is 14.5 Å². The summed E-state index contributed by atoms with van der Waals surface area (Å²) in [5.74, 6) is -0.614. The Hall–Kier alpha value is -4.07. The van der Waals surface area contributed by atoms with E-state index < -0.39 is 17.2 Å². The Morgan fingerprint density at radius 3 is 2.61 bits per heavy atom. The fraction of sp³-hybridized carbons (Fsp3) is 0.444. The molecular formula is C27H29F2N7O2. The van der Waals surface area contributed by atoms with Crippen LogP contribution in [0.25, 0.3) is 11.3 Å². The van der Waals surface area contributed by atoms with Crippen molar-refractivity contribution in [3.8, 4) is 23.1 Å². The predicted molar refractivity (Wildman–Crippen MR) is 135 cm³/mol.